The maximum Gasteiger partial charge on any atom is 0.170 e. The second kappa shape index (κ2) is 8.18. The normalized spacial score (nSPS) is 20.2. The fourth-order valence-corrected chi connectivity index (χ4v) is 3.83. The van der Waals surface area contributed by atoms with Crippen LogP contribution in [0.3, 0.4) is 0 Å². The Balaban J connectivity index is 1.90. The smallest absolute Gasteiger partial charge is 0.170 e. The van der Waals surface area contributed by atoms with Gasteiger partial charge in [-0.05, 0) is 76.9 Å². The third-order valence-corrected chi connectivity index (χ3v) is 5.23. The predicted octanol–water partition coefficient (Wildman–Crippen LogP) is 3.39. The Morgan fingerprint density at radius 3 is 2.69 bits per heavy atom. The van der Waals surface area contributed by atoms with Crippen LogP contribution in [-0.2, 0) is 0 Å². The molecule has 0 saturated carbocycles. The SMILES string of the molecule is CC(C)n1ccc([C@@H]2[C@H](c3ccccn3)NC(=S)N2CCCN(C)C)c1. The molecule has 3 heterocycles. The minimum Gasteiger partial charge on any atom is -0.352 e. The number of nitrogens with one attached hydrogen (secondary N) is 1. The number of nitrogens with zero attached hydrogens (tertiary/aromatic N) is 4. The summed E-state index contributed by atoms with van der Waals surface area (Å²) in [4.78, 5) is 9.14. The van der Waals surface area contributed by atoms with E-state index in [1.54, 1.807) is 0 Å². The van der Waals surface area contributed by atoms with E-state index in [1.807, 2.05) is 18.3 Å². The molecule has 0 aromatic carbocycles. The molecule has 1 aliphatic rings. The molecule has 1 saturated heterocycles. The molecule has 6 heteroatoms. The molecule has 5 nitrogen and oxygen atoms in total. The van der Waals surface area contributed by atoms with Gasteiger partial charge in [0.2, 0.25) is 0 Å². The van der Waals surface area contributed by atoms with Crippen LogP contribution in [0.4, 0.5) is 0 Å². The van der Waals surface area contributed by atoms with Gasteiger partial charge in [-0.25, -0.2) is 0 Å². The number of aromatic nitrogens is 2. The molecule has 26 heavy (non-hydrogen) atoms. The van der Waals surface area contributed by atoms with E-state index in [-0.39, 0.29) is 12.1 Å². The van der Waals surface area contributed by atoms with Crippen LogP contribution in [-0.4, -0.2) is 51.6 Å². The van der Waals surface area contributed by atoms with E-state index in [2.05, 4.69) is 77.1 Å². The van der Waals surface area contributed by atoms with E-state index >= 15 is 0 Å². The van der Waals surface area contributed by atoms with Crippen molar-refractivity contribution >= 4 is 17.3 Å². The van der Waals surface area contributed by atoms with Crippen molar-refractivity contribution in [1.82, 2.24) is 24.7 Å². The number of hydrogen-bond donors (Lipinski definition) is 1. The Morgan fingerprint density at radius 2 is 2.08 bits per heavy atom. The van der Waals surface area contributed by atoms with Gasteiger partial charge in [0.05, 0.1) is 17.8 Å². The van der Waals surface area contributed by atoms with Crippen molar-refractivity contribution in [2.24, 2.45) is 0 Å². The summed E-state index contributed by atoms with van der Waals surface area (Å²) in [6, 6.07) is 8.98. The summed E-state index contributed by atoms with van der Waals surface area (Å²) in [6.45, 7) is 6.39. The fourth-order valence-electron chi connectivity index (χ4n) is 3.49. The highest BCUT2D eigenvalue weighted by atomic mass is 32.1. The highest BCUT2D eigenvalue weighted by Crippen LogP contribution is 2.38. The minimum absolute atomic E-state index is 0.0751. The van der Waals surface area contributed by atoms with E-state index in [0.717, 1.165) is 30.3 Å². The molecule has 0 aliphatic carbocycles. The van der Waals surface area contributed by atoms with Gasteiger partial charge in [0.15, 0.2) is 5.11 Å². The van der Waals surface area contributed by atoms with Gasteiger partial charge in [0.25, 0.3) is 0 Å². The Bertz CT molecular complexity index is 725. The van der Waals surface area contributed by atoms with Crippen LogP contribution in [0.15, 0.2) is 42.9 Å². The summed E-state index contributed by atoms with van der Waals surface area (Å²) in [5.41, 5.74) is 2.32. The Morgan fingerprint density at radius 1 is 1.27 bits per heavy atom. The molecule has 1 N–H and O–H groups in total. The van der Waals surface area contributed by atoms with E-state index < -0.39 is 0 Å². The van der Waals surface area contributed by atoms with Crippen molar-refractivity contribution < 1.29 is 0 Å². The third kappa shape index (κ3) is 4.07. The largest absolute Gasteiger partial charge is 0.352 e. The molecule has 140 valence electrons. The van der Waals surface area contributed by atoms with Gasteiger partial charge in [-0.15, -0.1) is 0 Å². The van der Waals surface area contributed by atoms with Gasteiger partial charge in [-0.3, -0.25) is 4.98 Å². The van der Waals surface area contributed by atoms with Crippen LogP contribution in [0.5, 0.6) is 0 Å². The lowest BCUT2D eigenvalue weighted by Crippen LogP contribution is -2.32. The van der Waals surface area contributed by atoms with Crippen LogP contribution in [0, 0.1) is 0 Å². The second-order valence-electron chi connectivity index (χ2n) is 7.46. The summed E-state index contributed by atoms with van der Waals surface area (Å²) in [7, 11) is 4.22. The molecule has 0 amide bonds. The average Bonchev–Trinajstić information content (AvgIpc) is 3.21. The van der Waals surface area contributed by atoms with E-state index in [0.29, 0.717) is 6.04 Å². The Kier molecular flexibility index (Phi) is 5.94. The summed E-state index contributed by atoms with van der Waals surface area (Å²) < 4.78 is 2.25. The summed E-state index contributed by atoms with van der Waals surface area (Å²) in [5.74, 6) is 0. The molecule has 1 aliphatic heterocycles. The first-order valence-corrected chi connectivity index (χ1v) is 9.68. The summed E-state index contributed by atoms with van der Waals surface area (Å²) >= 11 is 5.70. The molecule has 2 aromatic heterocycles. The van der Waals surface area contributed by atoms with E-state index in [1.165, 1.54) is 5.56 Å². The number of rotatable bonds is 7. The van der Waals surface area contributed by atoms with Gasteiger partial charge >= 0.3 is 0 Å². The van der Waals surface area contributed by atoms with Crippen molar-refractivity contribution in [3.8, 4) is 0 Å². The number of hydrogen-bond acceptors (Lipinski definition) is 3. The average molecular weight is 372 g/mol. The zero-order valence-corrected chi connectivity index (χ0v) is 16.9. The van der Waals surface area contributed by atoms with Gasteiger partial charge in [-0.1, -0.05) is 6.07 Å². The number of pyridine rings is 1. The molecule has 1 fully saturated rings. The fraction of sp³-hybridized carbons (Fsp3) is 0.500. The van der Waals surface area contributed by atoms with Crippen molar-refractivity contribution in [2.75, 3.05) is 27.2 Å². The topological polar surface area (TPSA) is 36.3 Å². The maximum absolute atomic E-state index is 5.70. The molecule has 0 spiro atoms. The lowest BCUT2D eigenvalue weighted by molar-refractivity contribution is 0.293. The molecule has 0 unspecified atom stereocenters. The Hall–Kier alpha value is -1.92. The van der Waals surface area contributed by atoms with Gasteiger partial charge in [0.1, 0.15) is 0 Å². The zero-order chi connectivity index (χ0) is 18.7. The first kappa shape index (κ1) is 18.9. The highest BCUT2D eigenvalue weighted by molar-refractivity contribution is 7.80. The quantitative estimate of drug-likeness (QED) is 0.755. The van der Waals surface area contributed by atoms with Gasteiger partial charge in [-0.2, -0.15) is 0 Å². The van der Waals surface area contributed by atoms with Gasteiger partial charge in [0, 0.05) is 31.2 Å². The van der Waals surface area contributed by atoms with Crippen molar-refractivity contribution in [2.45, 2.75) is 38.4 Å². The lowest BCUT2D eigenvalue weighted by atomic mass is 9.99. The maximum atomic E-state index is 5.70. The molecule has 0 radical (unpaired) electrons. The second-order valence-corrected chi connectivity index (χ2v) is 7.85. The molecule has 3 rings (SSSR count). The Labute approximate surface area is 162 Å². The summed E-state index contributed by atoms with van der Waals surface area (Å²) in [5, 5.41) is 4.34. The van der Waals surface area contributed by atoms with Crippen LogP contribution in [0.2, 0.25) is 0 Å². The molecular formula is C20H29N5S. The van der Waals surface area contributed by atoms with Crippen molar-refractivity contribution in [1.29, 1.82) is 0 Å². The van der Waals surface area contributed by atoms with Crippen molar-refractivity contribution in [3.05, 3.63) is 54.1 Å². The van der Waals surface area contributed by atoms with Crippen molar-refractivity contribution in [3.63, 3.8) is 0 Å². The van der Waals surface area contributed by atoms with Crippen LogP contribution in [0.1, 0.15) is 49.7 Å². The molecule has 2 atom stereocenters. The minimum atomic E-state index is 0.0751. The van der Waals surface area contributed by atoms with E-state index in [9.17, 15) is 0 Å². The van der Waals surface area contributed by atoms with Crippen LogP contribution < -0.4 is 5.32 Å². The highest BCUT2D eigenvalue weighted by Gasteiger charge is 2.39. The third-order valence-electron chi connectivity index (χ3n) is 4.88. The molecule has 2 aromatic rings. The standard InChI is InChI=1S/C20H29N5S/c1-15(2)24-13-9-16(14-24)19-18(17-8-5-6-10-21-17)22-20(26)25(19)12-7-11-23(3)4/h5-6,8-10,13-15,18-19H,7,11-12H2,1-4H3,(H,22,26)/t18-,19+/m0/s1. The summed E-state index contributed by atoms with van der Waals surface area (Å²) in [6.07, 6.45) is 7.34. The molecule has 0 bridgehead atoms. The monoisotopic (exact) mass is 371 g/mol. The first-order chi connectivity index (χ1) is 12.5. The zero-order valence-electron chi connectivity index (χ0n) is 16.1. The van der Waals surface area contributed by atoms with Crippen LogP contribution >= 0.6 is 12.2 Å². The van der Waals surface area contributed by atoms with E-state index in [4.69, 9.17) is 12.2 Å². The van der Waals surface area contributed by atoms with Gasteiger partial charge < -0.3 is 19.7 Å². The predicted molar refractivity (Wildman–Crippen MR) is 110 cm³/mol. The number of thiocarbonyl (C=S) groups is 1. The molecular weight excluding hydrogens is 342 g/mol. The van der Waals surface area contributed by atoms with Crippen LogP contribution in [0.25, 0.3) is 0 Å². The lowest BCUT2D eigenvalue weighted by Gasteiger charge is -2.27. The first-order valence-electron chi connectivity index (χ1n) is 9.27.